The average Bonchev–Trinajstić information content (AvgIpc) is 3.11. The van der Waals surface area contributed by atoms with E-state index in [9.17, 15) is 9.59 Å². The molecule has 0 aliphatic carbocycles. The van der Waals surface area contributed by atoms with E-state index in [-0.39, 0.29) is 30.0 Å². The van der Waals surface area contributed by atoms with E-state index in [1.807, 2.05) is 20.8 Å². The number of aromatic nitrogens is 1. The molecule has 126 valence electrons. The molecule has 2 saturated heterocycles. The second-order valence-corrected chi connectivity index (χ2v) is 7.33. The van der Waals surface area contributed by atoms with Crippen LogP contribution < -0.4 is 5.32 Å². The van der Waals surface area contributed by atoms with E-state index in [0.29, 0.717) is 17.8 Å². The number of urea groups is 1. The van der Waals surface area contributed by atoms with Gasteiger partial charge in [-0.05, 0) is 47.0 Å². The lowest BCUT2D eigenvalue weighted by atomic mass is 9.89. The van der Waals surface area contributed by atoms with Crippen molar-refractivity contribution >= 4 is 17.7 Å². The van der Waals surface area contributed by atoms with Crippen molar-refractivity contribution in [1.29, 1.82) is 0 Å². The predicted molar refractivity (Wildman–Crippen MR) is 82.9 cm³/mol. The van der Waals surface area contributed by atoms with Gasteiger partial charge >= 0.3 is 12.0 Å². The molecule has 23 heavy (non-hydrogen) atoms. The first-order valence-corrected chi connectivity index (χ1v) is 7.99. The number of esters is 1. The predicted octanol–water partition coefficient (Wildman–Crippen LogP) is 2.71. The maximum Gasteiger partial charge on any atom is 0.322 e. The minimum Gasteiger partial charge on any atom is -0.460 e. The van der Waals surface area contributed by atoms with Gasteiger partial charge in [-0.3, -0.25) is 4.79 Å². The Morgan fingerprint density at radius 3 is 2.74 bits per heavy atom. The van der Waals surface area contributed by atoms with E-state index in [4.69, 9.17) is 9.26 Å². The Kier molecular flexibility index (Phi) is 3.82. The summed E-state index contributed by atoms with van der Waals surface area (Å²) in [5, 5.41) is 6.57. The van der Waals surface area contributed by atoms with Crippen LogP contribution in [0.25, 0.3) is 0 Å². The largest absolute Gasteiger partial charge is 0.460 e. The highest BCUT2D eigenvalue weighted by Crippen LogP contribution is 2.43. The summed E-state index contributed by atoms with van der Waals surface area (Å²) in [5.41, 5.74) is 0.690. The van der Waals surface area contributed by atoms with Gasteiger partial charge in [-0.25, -0.2) is 4.79 Å². The maximum atomic E-state index is 12.6. The normalized spacial score (nSPS) is 26.4. The highest BCUT2D eigenvalue weighted by atomic mass is 16.6. The topological polar surface area (TPSA) is 84.7 Å². The summed E-state index contributed by atoms with van der Waals surface area (Å²) in [4.78, 5) is 26.7. The number of carbonyl (C=O) groups is 2. The molecule has 0 saturated carbocycles. The first-order valence-electron chi connectivity index (χ1n) is 7.99. The first-order chi connectivity index (χ1) is 10.8. The zero-order chi connectivity index (χ0) is 16.8. The van der Waals surface area contributed by atoms with E-state index in [1.54, 1.807) is 11.8 Å². The van der Waals surface area contributed by atoms with Crippen LogP contribution in [0.5, 0.6) is 0 Å². The van der Waals surface area contributed by atoms with Gasteiger partial charge in [-0.15, -0.1) is 0 Å². The zero-order valence-corrected chi connectivity index (χ0v) is 14.0. The Bertz CT molecular complexity index is 619. The molecule has 3 unspecified atom stereocenters. The molecule has 1 aromatic rings. The molecule has 2 aliphatic heterocycles. The van der Waals surface area contributed by atoms with Crippen LogP contribution >= 0.6 is 0 Å². The summed E-state index contributed by atoms with van der Waals surface area (Å²) in [6, 6.07) is -0.192. The maximum absolute atomic E-state index is 12.6. The molecule has 7 nitrogen and oxygen atoms in total. The van der Waals surface area contributed by atoms with Gasteiger partial charge < -0.3 is 19.5 Å². The van der Waals surface area contributed by atoms with Crippen molar-refractivity contribution in [3.05, 3.63) is 12.0 Å². The summed E-state index contributed by atoms with van der Waals surface area (Å²) in [6.45, 7) is 7.34. The number of nitrogens with one attached hydrogen (secondary N) is 1. The van der Waals surface area contributed by atoms with E-state index < -0.39 is 5.60 Å². The monoisotopic (exact) mass is 321 g/mol. The third kappa shape index (κ3) is 3.04. The number of hydrogen-bond donors (Lipinski definition) is 1. The van der Waals surface area contributed by atoms with Crippen LogP contribution in [0.4, 0.5) is 10.5 Å². The number of nitrogens with zero attached hydrogens (tertiary/aromatic N) is 2. The second-order valence-electron chi connectivity index (χ2n) is 7.33. The molecule has 0 spiro atoms. The van der Waals surface area contributed by atoms with E-state index in [2.05, 4.69) is 10.5 Å². The van der Waals surface area contributed by atoms with Gasteiger partial charge in [0.25, 0.3) is 0 Å². The number of fused-ring (bicyclic) bond motifs is 2. The lowest BCUT2D eigenvalue weighted by molar-refractivity contribution is -0.160. The minimum atomic E-state index is -0.508. The van der Waals surface area contributed by atoms with Gasteiger partial charge in [0.15, 0.2) is 0 Å². The quantitative estimate of drug-likeness (QED) is 0.847. The van der Waals surface area contributed by atoms with Crippen LogP contribution in [0.1, 0.15) is 45.7 Å². The fourth-order valence-corrected chi connectivity index (χ4v) is 3.53. The average molecular weight is 321 g/mol. The molecular formula is C16H23N3O4. The van der Waals surface area contributed by atoms with Crippen LogP contribution in [-0.2, 0) is 9.53 Å². The summed E-state index contributed by atoms with van der Waals surface area (Å²) in [5.74, 6) is -0.439. The number of aryl methyl sites for hydroxylation is 1. The third-order valence-electron chi connectivity index (χ3n) is 4.47. The molecule has 0 aromatic carbocycles. The Morgan fingerprint density at radius 2 is 2.13 bits per heavy atom. The summed E-state index contributed by atoms with van der Waals surface area (Å²) in [6.07, 6.45) is 3.86. The SMILES string of the molecule is Cc1nocc1NC(=O)N1C2CCC1C(C(=O)OC(C)(C)C)C2. The van der Waals surface area contributed by atoms with Crippen molar-refractivity contribution in [2.75, 3.05) is 5.32 Å². The van der Waals surface area contributed by atoms with Gasteiger partial charge in [0.2, 0.25) is 0 Å². The Hall–Kier alpha value is -2.05. The Morgan fingerprint density at radius 1 is 1.39 bits per heavy atom. The summed E-state index contributed by atoms with van der Waals surface area (Å²) < 4.78 is 10.3. The van der Waals surface area contributed by atoms with Crippen LogP contribution in [0.3, 0.4) is 0 Å². The first kappa shape index (κ1) is 15.8. The molecule has 3 rings (SSSR count). The molecule has 1 N–H and O–H groups in total. The van der Waals surface area contributed by atoms with Crippen molar-refractivity contribution in [3.8, 4) is 0 Å². The molecule has 3 heterocycles. The number of carbonyl (C=O) groups excluding carboxylic acids is 2. The molecule has 0 radical (unpaired) electrons. The third-order valence-corrected chi connectivity index (χ3v) is 4.47. The highest BCUT2D eigenvalue weighted by Gasteiger charge is 2.52. The summed E-state index contributed by atoms with van der Waals surface area (Å²) >= 11 is 0. The zero-order valence-electron chi connectivity index (χ0n) is 14.0. The van der Waals surface area contributed by atoms with Crippen LogP contribution in [0, 0.1) is 12.8 Å². The van der Waals surface area contributed by atoms with Crippen LogP contribution in [0.15, 0.2) is 10.8 Å². The fraction of sp³-hybridized carbons (Fsp3) is 0.688. The van der Waals surface area contributed by atoms with Gasteiger partial charge in [0.1, 0.15) is 23.2 Å². The number of rotatable bonds is 2. The van der Waals surface area contributed by atoms with Crippen molar-refractivity contribution in [1.82, 2.24) is 10.1 Å². The van der Waals surface area contributed by atoms with Gasteiger partial charge in [0.05, 0.1) is 5.92 Å². The van der Waals surface area contributed by atoms with E-state index in [1.165, 1.54) is 6.26 Å². The van der Waals surface area contributed by atoms with Crippen LogP contribution in [-0.4, -0.2) is 39.7 Å². The van der Waals surface area contributed by atoms with E-state index in [0.717, 1.165) is 12.8 Å². The molecule has 3 atom stereocenters. The lowest BCUT2D eigenvalue weighted by Crippen LogP contribution is -2.41. The van der Waals surface area contributed by atoms with Crippen molar-refractivity contribution < 1.29 is 18.8 Å². The molecular weight excluding hydrogens is 298 g/mol. The molecule has 2 aliphatic rings. The Labute approximate surface area is 135 Å². The molecule has 2 amide bonds. The van der Waals surface area contributed by atoms with Crippen molar-refractivity contribution in [2.45, 2.75) is 64.6 Å². The summed E-state index contributed by atoms with van der Waals surface area (Å²) in [7, 11) is 0. The molecule has 2 bridgehead atoms. The molecule has 2 fully saturated rings. The highest BCUT2D eigenvalue weighted by molar-refractivity contribution is 5.91. The Balaban J connectivity index is 1.69. The minimum absolute atomic E-state index is 0.0879. The fourth-order valence-electron chi connectivity index (χ4n) is 3.53. The lowest BCUT2D eigenvalue weighted by Gasteiger charge is -2.26. The smallest absolute Gasteiger partial charge is 0.322 e. The molecule has 1 aromatic heterocycles. The number of anilines is 1. The van der Waals surface area contributed by atoms with Crippen molar-refractivity contribution in [2.24, 2.45) is 5.92 Å². The number of hydrogen-bond acceptors (Lipinski definition) is 5. The second kappa shape index (κ2) is 5.54. The standard InChI is InChI=1S/C16H23N3O4/c1-9-12(8-22-18-9)17-15(21)19-10-5-6-13(19)11(7-10)14(20)23-16(2,3)4/h8,10-11,13H,5-7H2,1-4H3,(H,17,21). The van der Waals surface area contributed by atoms with E-state index >= 15 is 0 Å². The van der Waals surface area contributed by atoms with Gasteiger partial charge in [-0.2, -0.15) is 0 Å². The van der Waals surface area contributed by atoms with Gasteiger partial charge in [0, 0.05) is 12.1 Å². The molecule has 7 heteroatoms. The number of ether oxygens (including phenoxy) is 1. The van der Waals surface area contributed by atoms with Crippen molar-refractivity contribution in [3.63, 3.8) is 0 Å². The van der Waals surface area contributed by atoms with Gasteiger partial charge in [-0.1, -0.05) is 5.16 Å². The van der Waals surface area contributed by atoms with Crippen LogP contribution in [0.2, 0.25) is 0 Å². The number of amides is 2.